The first kappa shape index (κ1) is 24.6. The number of hydrogen-bond donors (Lipinski definition) is 8. The van der Waals surface area contributed by atoms with E-state index in [2.05, 4.69) is 26.2 Å². The van der Waals surface area contributed by atoms with Crippen molar-refractivity contribution in [3.8, 4) is 0 Å². The van der Waals surface area contributed by atoms with Crippen LogP contribution in [0.4, 0.5) is 11.4 Å². The monoisotopic (exact) mass is 463 g/mol. The fourth-order valence-electron chi connectivity index (χ4n) is 2.49. The van der Waals surface area contributed by atoms with Crippen LogP contribution in [0.5, 0.6) is 0 Å². The second-order valence-electron chi connectivity index (χ2n) is 6.60. The second-order valence-corrected chi connectivity index (χ2v) is 8.36. The lowest BCUT2D eigenvalue weighted by atomic mass is 10.2. The number of carbonyl (C=O) groups is 2. The van der Waals surface area contributed by atoms with Gasteiger partial charge in [0.2, 0.25) is 15.9 Å². The van der Waals surface area contributed by atoms with Crippen LogP contribution in [-0.2, 0) is 25.4 Å². The van der Waals surface area contributed by atoms with Crippen LogP contribution < -0.4 is 31.9 Å². The van der Waals surface area contributed by atoms with Gasteiger partial charge in [0, 0.05) is 5.69 Å². The maximum Gasteiger partial charge on any atom is 0.257 e. The second kappa shape index (κ2) is 11.6. The number of hydrogen-bond acceptors (Lipinski definition) is 7. The molecular formula is C19H25N7O5S. The number of guanidine groups is 1. The van der Waals surface area contributed by atoms with Crippen molar-refractivity contribution in [1.29, 1.82) is 5.41 Å². The van der Waals surface area contributed by atoms with Crippen molar-refractivity contribution in [3.63, 3.8) is 0 Å². The average molecular weight is 464 g/mol. The van der Waals surface area contributed by atoms with Crippen molar-refractivity contribution in [1.82, 2.24) is 15.5 Å². The molecule has 0 aliphatic rings. The van der Waals surface area contributed by atoms with Crippen LogP contribution in [0, 0.1) is 5.41 Å². The van der Waals surface area contributed by atoms with Gasteiger partial charge in [-0.25, -0.2) is 13.1 Å². The third-order valence-electron chi connectivity index (χ3n) is 3.95. The van der Waals surface area contributed by atoms with E-state index in [0.717, 1.165) is 0 Å². The molecule has 12 nitrogen and oxygen atoms in total. The van der Waals surface area contributed by atoms with Crippen molar-refractivity contribution in [2.45, 2.75) is 11.8 Å². The van der Waals surface area contributed by atoms with Crippen molar-refractivity contribution in [2.24, 2.45) is 5.73 Å². The summed E-state index contributed by atoms with van der Waals surface area (Å²) < 4.78 is 26.6. The number of nitrogens with one attached hydrogen (secondary N) is 6. The molecule has 0 aliphatic carbocycles. The molecule has 2 rings (SSSR count). The van der Waals surface area contributed by atoms with Gasteiger partial charge in [-0.1, -0.05) is 30.3 Å². The summed E-state index contributed by atoms with van der Waals surface area (Å²) >= 11 is 0. The zero-order valence-electron chi connectivity index (χ0n) is 17.0. The largest absolute Gasteiger partial charge is 0.394 e. The number of aliphatic hydroxyl groups is 1. The summed E-state index contributed by atoms with van der Waals surface area (Å²) in [7, 11) is -3.90. The molecule has 0 bridgehead atoms. The van der Waals surface area contributed by atoms with E-state index in [0.29, 0.717) is 16.9 Å². The quantitative estimate of drug-likeness (QED) is 0.118. The van der Waals surface area contributed by atoms with E-state index < -0.39 is 41.0 Å². The minimum Gasteiger partial charge on any atom is -0.394 e. The standard InChI is InChI=1S/C19H25N7O5S/c20-19(21)23-14-6-8-15(9-7-14)24-25-17(28)10-22-18(29)16(11-27)26-32(30,31)12-13-4-2-1-3-5-13/h1-9,16,24,26-27H,10-12H2,(H,22,29)(H,25,28)(H4,20,21,23). The highest BCUT2D eigenvalue weighted by Gasteiger charge is 2.24. The Labute approximate surface area is 185 Å². The summed E-state index contributed by atoms with van der Waals surface area (Å²) in [5, 5.41) is 21.4. The predicted molar refractivity (Wildman–Crippen MR) is 120 cm³/mol. The van der Waals surface area contributed by atoms with Crippen LogP contribution in [0.1, 0.15) is 5.56 Å². The molecule has 0 saturated heterocycles. The third kappa shape index (κ3) is 8.59. The molecule has 0 spiro atoms. The number of rotatable bonds is 11. The highest BCUT2D eigenvalue weighted by molar-refractivity contribution is 7.88. The van der Waals surface area contributed by atoms with Gasteiger partial charge in [-0.05, 0) is 29.8 Å². The Kier molecular flexibility index (Phi) is 8.95. The Bertz CT molecular complexity index is 1030. The number of sulfonamides is 1. The van der Waals surface area contributed by atoms with Gasteiger partial charge in [0.1, 0.15) is 6.04 Å². The fourth-order valence-corrected chi connectivity index (χ4v) is 3.82. The zero-order valence-corrected chi connectivity index (χ0v) is 17.8. The lowest BCUT2D eigenvalue weighted by molar-refractivity contribution is -0.127. The van der Waals surface area contributed by atoms with Gasteiger partial charge in [0.05, 0.1) is 24.6 Å². The Morgan fingerprint density at radius 1 is 1.03 bits per heavy atom. The molecule has 172 valence electrons. The van der Waals surface area contributed by atoms with Crippen molar-refractivity contribution in [3.05, 3.63) is 60.2 Å². The first-order valence-corrected chi connectivity index (χ1v) is 11.0. The fraction of sp³-hybridized carbons (Fsp3) is 0.211. The highest BCUT2D eigenvalue weighted by atomic mass is 32.2. The van der Waals surface area contributed by atoms with E-state index in [1.807, 2.05) is 0 Å². The minimum atomic E-state index is -3.90. The van der Waals surface area contributed by atoms with Gasteiger partial charge in [0.15, 0.2) is 5.96 Å². The Morgan fingerprint density at radius 2 is 1.66 bits per heavy atom. The number of aliphatic hydroxyl groups excluding tert-OH is 1. The topological polar surface area (TPSA) is 199 Å². The number of benzene rings is 2. The van der Waals surface area contributed by atoms with Crippen molar-refractivity contribution < 1.29 is 23.1 Å². The van der Waals surface area contributed by atoms with Crippen molar-refractivity contribution >= 4 is 39.2 Å². The van der Waals surface area contributed by atoms with E-state index in [-0.39, 0.29) is 11.7 Å². The zero-order chi connectivity index (χ0) is 23.6. The van der Waals surface area contributed by atoms with Crippen LogP contribution in [0.3, 0.4) is 0 Å². The third-order valence-corrected chi connectivity index (χ3v) is 5.31. The van der Waals surface area contributed by atoms with Gasteiger partial charge >= 0.3 is 0 Å². The van der Waals surface area contributed by atoms with E-state index in [9.17, 15) is 23.1 Å². The van der Waals surface area contributed by atoms with Crippen LogP contribution in [0.25, 0.3) is 0 Å². The Morgan fingerprint density at radius 3 is 2.25 bits per heavy atom. The smallest absolute Gasteiger partial charge is 0.257 e. The summed E-state index contributed by atoms with van der Waals surface area (Å²) in [6, 6.07) is 13.4. The molecule has 9 N–H and O–H groups in total. The molecule has 13 heteroatoms. The molecular weight excluding hydrogens is 438 g/mol. The summed E-state index contributed by atoms with van der Waals surface area (Å²) in [4.78, 5) is 24.1. The Balaban J connectivity index is 1.79. The van der Waals surface area contributed by atoms with Crippen LogP contribution in [0.2, 0.25) is 0 Å². The van der Waals surface area contributed by atoms with Gasteiger partial charge < -0.3 is 21.5 Å². The average Bonchev–Trinajstić information content (AvgIpc) is 2.75. The van der Waals surface area contributed by atoms with Crippen molar-refractivity contribution in [2.75, 3.05) is 23.9 Å². The maximum absolute atomic E-state index is 12.2. The van der Waals surface area contributed by atoms with E-state index in [1.54, 1.807) is 54.6 Å². The van der Waals surface area contributed by atoms with E-state index in [1.165, 1.54) is 0 Å². The number of anilines is 2. The molecule has 1 atom stereocenters. The summed E-state index contributed by atoms with van der Waals surface area (Å²) in [6.45, 7) is -1.23. The molecule has 2 aromatic carbocycles. The van der Waals surface area contributed by atoms with Gasteiger partial charge in [-0.2, -0.15) is 0 Å². The summed E-state index contributed by atoms with van der Waals surface area (Å²) in [6.07, 6.45) is 0. The lowest BCUT2D eigenvalue weighted by Gasteiger charge is -2.16. The van der Waals surface area contributed by atoms with Gasteiger partial charge in [0.25, 0.3) is 5.91 Å². The van der Waals surface area contributed by atoms with Crippen LogP contribution >= 0.6 is 0 Å². The molecule has 0 radical (unpaired) electrons. The maximum atomic E-state index is 12.2. The first-order chi connectivity index (χ1) is 15.2. The van der Waals surface area contributed by atoms with Gasteiger partial charge in [-0.3, -0.25) is 25.8 Å². The molecule has 2 amide bonds. The molecule has 0 aromatic heterocycles. The summed E-state index contributed by atoms with van der Waals surface area (Å²) in [5.74, 6) is -2.02. The number of carbonyl (C=O) groups excluding carboxylic acids is 2. The normalized spacial score (nSPS) is 11.8. The molecule has 0 heterocycles. The molecule has 0 saturated carbocycles. The van der Waals surface area contributed by atoms with E-state index in [4.69, 9.17) is 11.1 Å². The van der Waals surface area contributed by atoms with Crippen LogP contribution in [0.15, 0.2) is 54.6 Å². The first-order valence-electron chi connectivity index (χ1n) is 9.37. The number of amides is 2. The molecule has 32 heavy (non-hydrogen) atoms. The lowest BCUT2D eigenvalue weighted by Crippen LogP contribution is -2.51. The summed E-state index contributed by atoms with van der Waals surface area (Å²) in [5.41, 5.74) is 11.9. The Hall–Kier alpha value is -3.68. The number of nitrogens with two attached hydrogens (primary N) is 1. The minimum absolute atomic E-state index is 0.210. The number of hydrazine groups is 1. The van der Waals surface area contributed by atoms with Crippen LogP contribution in [-0.4, -0.2) is 50.5 Å². The van der Waals surface area contributed by atoms with E-state index >= 15 is 0 Å². The SMILES string of the molecule is N=C(N)Nc1ccc(NNC(=O)CNC(=O)C(CO)NS(=O)(=O)Cc2ccccc2)cc1. The van der Waals surface area contributed by atoms with Gasteiger partial charge in [-0.15, -0.1) is 0 Å². The molecule has 1 unspecified atom stereocenters. The molecule has 2 aromatic rings. The highest BCUT2D eigenvalue weighted by Crippen LogP contribution is 2.12. The molecule has 0 aliphatic heterocycles. The molecule has 0 fully saturated rings. The predicted octanol–water partition coefficient (Wildman–Crippen LogP) is -0.968.